The molecule has 1 N–H and O–H groups in total. The number of nitrogens with zero attached hydrogens (tertiary/aromatic N) is 1. The van der Waals surface area contributed by atoms with Crippen LogP contribution in [0.3, 0.4) is 0 Å². The van der Waals surface area contributed by atoms with Crippen molar-refractivity contribution in [3.05, 3.63) is 90.5 Å². The first-order chi connectivity index (χ1) is 16.3. The summed E-state index contributed by atoms with van der Waals surface area (Å²) in [5.74, 6) is -0.0275. The van der Waals surface area contributed by atoms with Crippen molar-refractivity contribution >= 4 is 33.1 Å². The number of rotatable bonds is 8. The zero-order valence-corrected chi connectivity index (χ0v) is 19.2. The van der Waals surface area contributed by atoms with Gasteiger partial charge in [0.2, 0.25) is 6.79 Å². The van der Waals surface area contributed by atoms with E-state index in [2.05, 4.69) is 11.9 Å². The standard InChI is InChI=1S/C25H22N2O6S/c1-3-12-27(19-9-5-4-6-10-19)34(30,31)20-11-7-8-18(13-20)25(29)26-22-15-24-23(32-16-33-24)14-21(22)17(2)28/h3-11,13-15H,1,12,16H2,2H3,(H,26,29). The van der Waals surface area contributed by atoms with E-state index in [-0.39, 0.29) is 40.8 Å². The highest BCUT2D eigenvalue weighted by atomic mass is 32.2. The number of benzene rings is 3. The number of hydrogen-bond donors (Lipinski definition) is 1. The van der Waals surface area contributed by atoms with E-state index in [9.17, 15) is 18.0 Å². The lowest BCUT2D eigenvalue weighted by molar-refractivity contribution is 0.101. The molecule has 174 valence electrons. The number of carbonyl (C=O) groups is 2. The van der Waals surface area contributed by atoms with E-state index in [0.29, 0.717) is 17.2 Å². The van der Waals surface area contributed by atoms with Crippen LogP contribution in [0.2, 0.25) is 0 Å². The second kappa shape index (κ2) is 9.40. The minimum atomic E-state index is -3.98. The predicted molar refractivity (Wildman–Crippen MR) is 128 cm³/mol. The molecule has 0 aliphatic carbocycles. The van der Waals surface area contributed by atoms with E-state index in [1.807, 2.05) is 0 Å². The molecule has 1 aliphatic rings. The first-order valence-electron chi connectivity index (χ1n) is 10.4. The van der Waals surface area contributed by atoms with Gasteiger partial charge in [-0.05, 0) is 43.3 Å². The number of Topliss-reactive ketones (excluding diaryl/α,β-unsaturated/α-hetero) is 1. The summed E-state index contributed by atoms with van der Waals surface area (Å²) < 4.78 is 38.6. The van der Waals surface area contributed by atoms with E-state index in [0.717, 1.165) is 0 Å². The summed E-state index contributed by atoms with van der Waals surface area (Å²) >= 11 is 0. The smallest absolute Gasteiger partial charge is 0.264 e. The molecule has 0 bridgehead atoms. The Kier molecular flexibility index (Phi) is 6.38. The molecule has 1 aliphatic heterocycles. The number of fused-ring (bicyclic) bond motifs is 1. The maximum atomic E-state index is 13.4. The van der Waals surface area contributed by atoms with Crippen LogP contribution < -0.4 is 19.1 Å². The first kappa shape index (κ1) is 23.1. The third-order valence-corrected chi connectivity index (χ3v) is 6.95. The van der Waals surface area contributed by atoms with Crippen molar-refractivity contribution in [1.82, 2.24) is 0 Å². The van der Waals surface area contributed by atoms with Crippen molar-refractivity contribution < 1.29 is 27.5 Å². The van der Waals surface area contributed by atoms with Crippen LogP contribution in [-0.4, -0.2) is 33.4 Å². The summed E-state index contributed by atoms with van der Waals surface area (Å²) in [4.78, 5) is 25.1. The van der Waals surface area contributed by atoms with Crippen molar-refractivity contribution in [2.75, 3.05) is 23.0 Å². The molecule has 0 fully saturated rings. The van der Waals surface area contributed by atoms with Gasteiger partial charge in [0.05, 0.1) is 22.8 Å². The molecule has 0 aromatic heterocycles. The van der Waals surface area contributed by atoms with E-state index in [1.54, 1.807) is 30.3 Å². The Hall–Kier alpha value is -4.11. The summed E-state index contributed by atoms with van der Waals surface area (Å²) in [7, 11) is -3.98. The van der Waals surface area contributed by atoms with Gasteiger partial charge < -0.3 is 14.8 Å². The molecular formula is C25H22N2O6S. The molecule has 4 rings (SSSR count). The number of anilines is 2. The third kappa shape index (κ3) is 4.51. The molecule has 8 nitrogen and oxygen atoms in total. The molecule has 0 saturated carbocycles. The van der Waals surface area contributed by atoms with Crippen LogP contribution >= 0.6 is 0 Å². The van der Waals surface area contributed by atoms with Crippen LogP contribution in [0, 0.1) is 0 Å². The minimum Gasteiger partial charge on any atom is -0.454 e. The normalized spacial score (nSPS) is 12.1. The summed E-state index contributed by atoms with van der Waals surface area (Å²) in [5.41, 5.74) is 1.08. The molecule has 0 spiro atoms. The Morgan fingerprint density at radius 1 is 1.03 bits per heavy atom. The van der Waals surface area contributed by atoms with Gasteiger partial charge >= 0.3 is 0 Å². The van der Waals surface area contributed by atoms with Crippen molar-refractivity contribution in [3.8, 4) is 11.5 Å². The highest BCUT2D eigenvalue weighted by molar-refractivity contribution is 7.92. The summed E-state index contributed by atoms with van der Waals surface area (Å²) in [6.45, 7) is 5.11. The topological polar surface area (TPSA) is 102 Å². The van der Waals surface area contributed by atoms with Gasteiger partial charge in [0.25, 0.3) is 15.9 Å². The van der Waals surface area contributed by atoms with E-state index in [1.165, 1.54) is 53.7 Å². The zero-order valence-electron chi connectivity index (χ0n) is 18.4. The van der Waals surface area contributed by atoms with Crippen LogP contribution in [0.5, 0.6) is 11.5 Å². The minimum absolute atomic E-state index is 0.0204. The van der Waals surface area contributed by atoms with Crippen molar-refractivity contribution in [1.29, 1.82) is 0 Å². The Morgan fingerprint density at radius 2 is 1.74 bits per heavy atom. The second-order valence-corrected chi connectivity index (χ2v) is 9.31. The van der Waals surface area contributed by atoms with Gasteiger partial charge in [-0.25, -0.2) is 8.42 Å². The fourth-order valence-electron chi connectivity index (χ4n) is 3.51. The van der Waals surface area contributed by atoms with Crippen molar-refractivity contribution in [3.63, 3.8) is 0 Å². The molecule has 3 aromatic rings. The van der Waals surface area contributed by atoms with Crippen LogP contribution in [0.15, 0.2) is 84.3 Å². The molecule has 3 aromatic carbocycles. The number of para-hydroxylation sites is 1. The summed E-state index contributed by atoms with van der Waals surface area (Å²) in [5, 5.41) is 2.68. The Morgan fingerprint density at radius 3 is 2.41 bits per heavy atom. The molecule has 0 unspecified atom stereocenters. The van der Waals surface area contributed by atoms with Gasteiger partial charge in [-0.1, -0.05) is 30.3 Å². The lowest BCUT2D eigenvalue weighted by Crippen LogP contribution is -2.31. The molecule has 9 heteroatoms. The van der Waals surface area contributed by atoms with E-state index < -0.39 is 15.9 Å². The number of amides is 1. The second-order valence-electron chi connectivity index (χ2n) is 7.45. The summed E-state index contributed by atoms with van der Waals surface area (Å²) in [6, 6.07) is 17.4. The number of carbonyl (C=O) groups excluding carboxylic acids is 2. The zero-order chi connectivity index (χ0) is 24.3. The number of sulfonamides is 1. The van der Waals surface area contributed by atoms with Crippen LogP contribution in [0.25, 0.3) is 0 Å². The fraction of sp³-hybridized carbons (Fsp3) is 0.120. The first-order valence-corrected chi connectivity index (χ1v) is 11.8. The van der Waals surface area contributed by atoms with Crippen LogP contribution in [-0.2, 0) is 10.0 Å². The van der Waals surface area contributed by atoms with Crippen molar-refractivity contribution in [2.45, 2.75) is 11.8 Å². The molecule has 1 heterocycles. The number of ether oxygens (including phenoxy) is 2. The number of hydrogen-bond acceptors (Lipinski definition) is 6. The monoisotopic (exact) mass is 478 g/mol. The lowest BCUT2D eigenvalue weighted by Gasteiger charge is -2.23. The molecule has 0 atom stereocenters. The van der Waals surface area contributed by atoms with E-state index in [4.69, 9.17) is 9.47 Å². The Balaban J connectivity index is 1.66. The van der Waals surface area contributed by atoms with Crippen LogP contribution in [0.1, 0.15) is 27.6 Å². The average Bonchev–Trinajstić information content (AvgIpc) is 3.30. The van der Waals surface area contributed by atoms with Crippen LogP contribution in [0.4, 0.5) is 11.4 Å². The molecular weight excluding hydrogens is 456 g/mol. The Bertz CT molecular complexity index is 1370. The maximum Gasteiger partial charge on any atom is 0.264 e. The predicted octanol–water partition coefficient (Wildman–Crippen LogP) is 4.25. The largest absolute Gasteiger partial charge is 0.454 e. The molecule has 0 saturated heterocycles. The van der Waals surface area contributed by atoms with Crippen molar-refractivity contribution in [2.24, 2.45) is 0 Å². The highest BCUT2D eigenvalue weighted by Crippen LogP contribution is 2.37. The quantitative estimate of drug-likeness (QED) is 0.384. The molecule has 34 heavy (non-hydrogen) atoms. The van der Waals surface area contributed by atoms with Gasteiger partial charge in [-0.2, -0.15) is 0 Å². The fourth-order valence-corrected chi connectivity index (χ4v) is 4.99. The molecule has 1 amide bonds. The maximum absolute atomic E-state index is 13.4. The average molecular weight is 479 g/mol. The van der Waals surface area contributed by atoms with Gasteiger partial charge in [-0.15, -0.1) is 6.58 Å². The molecule has 0 radical (unpaired) electrons. The number of nitrogens with one attached hydrogen (secondary N) is 1. The van der Waals surface area contributed by atoms with Gasteiger partial charge in [0.1, 0.15) is 0 Å². The SMILES string of the molecule is C=CCN(c1ccccc1)S(=O)(=O)c1cccc(C(=O)Nc2cc3c(cc2C(C)=O)OCO3)c1. The van der Waals surface area contributed by atoms with Gasteiger partial charge in [0.15, 0.2) is 17.3 Å². The van der Waals surface area contributed by atoms with E-state index >= 15 is 0 Å². The highest BCUT2D eigenvalue weighted by Gasteiger charge is 2.26. The van der Waals surface area contributed by atoms with Gasteiger partial charge in [-0.3, -0.25) is 13.9 Å². The lowest BCUT2D eigenvalue weighted by atomic mass is 10.1. The number of ketones is 1. The summed E-state index contributed by atoms with van der Waals surface area (Å²) in [6.07, 6.45) is 1.49. The van der Waals surface area contributed by atoms with Gasteiger partial charge in [0, 0.05) is 17.2 Å². The Labute approximate surface area is 197 Å². The third-order valence-electron chi connectivity index (χ3n) is 5.16.